The van der Waals surface area contributed by atoms with Gasteiger partial charge in [-0.25, -0.2) is 0 Å². The van der Waals surface area contributed by atoms with Crippen molar-refractivity contribution in [2.24, 2.45) is 0 Å². The van der Waals surface area contributed by atoms with Gasteiger partial charge in [0.15, 0.2) is 23.8 Å². The molecule has 0 bridgehead atoms. The van der Waals surface area contributed by atoms with Crippen molar-refractivity contribution >= 4 is 17.3 Å². The lowest BCUT2D eigenvalue weighted by atomic mass is 9.89. The Kier molecular flexibility index (Phi) is 3.22. The minimum absolute atomic E-state index is 0.232. The summed E-state index contributed by atoms with van der Waals surface area (Å²) in [5, 5.41) is 0. The van der Waals surface area contributed by atoms with Crippen LogP contribution in [0.3, 0.4) is 0 Å². The standard InChI is InChI=1S/C15H16O6/c1-8(16)19-11-7-9(10-5-4-6-18-10)12(17)14-13(11)20-15(2,3)21-14/h4-7,11,13-14H,1-3H3/t11-,13+,14-/m1/s1. The van der Waals surface area contributed by atoms with Crippen LogP contribution in [0.4, 0.5) is 0 Å². The molecule has 6 heteroatoms. The van der Waals surface area contributed by atoms with Crippen molar-refractivity contribution in [2.75, 3.05) is 0 Å². The second-order valence-electron chi connectivity index (χ2n) is 5.52. The molecular formula is C15H16O6. The zero-order valence-corrected chi connectivity index (χ0v) is 12.0. The van der Waals surface area contributed by atoms with Gasteiger partial charge in [0, 0.05) is 6.92 Å². The highest BCUT2D eigenvalue weighted by Crippen LogP contribution is 2.38. The van der Waals surface area contributed by atoms with E-state index in [-0.39, 0.29) is 5.78 Å². The quantitative estimate of drug-likeness (QED) is 0.772. The Bertz CT molecular complexity index is 598. The van der Waals surface area contributed by atoms with E-state index in [0.29, 0.717) is 11.3 Å². The van der Waals surface area contributed by atoms with Crippen LogP contribution in [-0.4, -0.2) is 35.9 Å². The van der Waals surface area contributed by atoms with E-state index >= 15 is 0 Å². The maximum Gasteiger partial charge on any atom is 0.303 e. The first kappa shape index (κ1) is 14.0. The van der Waals surface area contributed by atoms with E-state index in [4.69, 9.17) is 18.6 Å². The maximum absolute atomic E-state index is 12.6. The summed E-state index contributed by atoms with van der Waals surface area (Å²) < 4.78 is 21.9. The molecule has 3 rings (SSSR count). The monoisotopic (exact) mass is 292 g/mol. The molecule has 1 aliphatic carbocycles. The number of rotatable bonds is 2. The maximum atomic E-state index is 12.6. The van der Waals surface area contributed by atoms with E-state index in [1.54, 1.807) is 32.1 Å². The van der Waals surface area contributed by atoms with E-state index in [1.807, 2.05) is 0 Å². The first-order valence-corrected chi connectivity index (χ1v) is 6.70. The minimum atomic E-state index is -0.907. The number of carbonyl (C=O) groups excluding carboxylic acids is 2. The lowest BCUT2D eigenvalue weighted by molar-refractivity contribution is -0.165. The molecular weight excluding hydrogens is 276 g/mol. The Morgan fingerprint density at radius 2 is 2.10 bits per heavy atom. The van der Waals surface area contributed by atoms with Crippen LogP contribution in [0.1, 0.15) is 26.5 Å². The smallest absolute Gasteiger partial charge is 0.303 e. The Hall–Kier alpha value is -1.92. The molecule has 0 aromatic carbocycles. The third-order valence-electron chi connectivity index (χ3n) is 3.40. The Morgan fingerprint density at radius 3 is 2.71 bits per heavy atom. The van der Waals surface area contributed by atoms with Crippen molar-refractivity contribution in [2.45, 2.75) is 44.9 Å². The lowest BCUT2D eigenvalue weighted by Gasteiger charge is -2.28. The second kappa shape index (κ2) is 4.82. The summed E-state index contributed by atoms with van der Waals surface area (Å²) in [5.41, 5.74) is 0.341. The normalized spacial score (nSPS) is 30.7. The largest absolute Gasteiger partial charge is 0.464 e. The number of hydrogen-bond acceptors (Lipinski definition) is 6. The van der Waals surface area contributed by atoms with E-state index in [1.165, 1.54) is 13.2 Å². The molecule has 6 nitrogen and oxygen atoms in total. The number of fused-ring (bicyclic) bond motifs is 1. The first-order chi connectivity index (χ1) is 9.87. The van der Waals surface area contributed by atoms with Crippen molar-refractivity contribution in [1.82, 2.24) is 0 Å². The van der Waals surface area contributed by atoms with Crippen molar-refractivity contribution in [1.29, 1.82) is 0 Å². The summed E-state index contributed by atoms with van der Waals surface area (Å²) in [6, 6.07) is 3.36. The van der Waals surface area contributed by atoms with Gasteiger partial charge in [-0.05, 0) is 32.1 Å². The topological polar surface area (TPSA) is 75.0 Å². The number of ether oxygens (including phenoxy) is 3. The highest BCUT2D eigenvalue weighted by molar-refractivity contribution is 6.23. The Morgan fingerprint density at radius 1 is 1.33 bits per heavy atom. The van der Waals surface area contributed by atoms with E-state index in [9.17, 15) is 9.59 Å². The van der Waals surface area contributed by atoms with Crippen LogP contribution >= 0.6 is 0 Å². The zero-order valence-electron chi connectivity index (χ0n) is 12.0. The summed E-state index contributed by atoms with van der Waals surface area (Å²) in [5.74, 6) is -1.17. The molecule has 3 atom stereocenters. The molecule has 0 unspecified atom stereocenters. The van der Waals surface area contributed by atoms with Gasteiger partial charge in [0.2, 0.25) is 0 Å². The average Bonchev–Trinajstić information content (AvgIpc) is 2.99. The van der Waals surface area contributed by atoms with Crippen LogP contribution in [-0.2, 0) is 23.8 Å². The predicted molar refractivity (Wildman–Crippen MR) is 71.1 cm³/mol. The molecule has 1 aromatic rings. The zero-order chi connectivity index (χ0) is 15.2. The number of Topliss-reactive ketones (excluding diaryl/α,β-unsaturated/α-hetero) is 1. The predicted octanol–water partition coefficient (Wildman–Crippen LogP) is 1.70. The fourth-order valence-electron chi connectivity index (χ4n) is 2.65. The van der Waals surface area contributed by atoms with Crippen molar-refractivity contribution in [3.05, 3.63) is 30.2 Å². The van der Waals surface area contributed by atoms with Gasteiger partial charge >= 0.3 is 5.97 Å². The molecule has 2 heterocycles. The molecule has 2 aliphatic rings. The molecule has 1 aromatic heterocycles. The van der Waals surface area contributed by atoms with Gasteiger partial charge in [-0.1, -0.05) is 0 Å². The summed E-state index contributed by atoms with van der Waals surface area (Å²) in [4.78, 5) is 23.8. The van der Waals surface area contributed by atoms with Crippen LogP contribution in [0.25, 0.3) is 5.57 Å². The summed E-state index contributed by atoms with van der Waals surface area (Å²) >= 11 is 0. The van der Waals surface area contributed by atoms with Crippen molar-refractivity contribution in [3.8, 4) is 0 Å². The number of ketones is 1. The van der Waals surface area contributed by atoms with Gasteiger partial charge in [0.05, 0.1) is 11.8 Å². The summed E-state index contributed by atoms with van der Waals surface area (Å²) in [7, 11) is 0. The lowest BCUT2D eigenvalue weighted by Crippen LogP contribution is -2.45. The van der Waals surface area contributed by atoms with Crippen LogP contribution in [0, 0.1) is 0 Å². The molecule has 0 amide bonds. The van der Waals surface area contributed by atoms with Crippen molar-refractivity contribution < 1.29 is 28.2 Å². The molecule has 0 spiro atoms. The third-order valence-corrected chi connectivity index (χ3v) is 3.40. The Balaban J connectivity index is 2.00. The van der Waals surface area contributed by atoms with Crippen LogP contribution in [0.5, 0.6) is 0 Å². The van der Waals surface area contributed by atoms with E-state index in [2.05, 4.69) is 0 Å². The Labute approximate surface area is 121 Å². The van der Waals surface area contributed by atoms with Crippen LogP contribution in [0.15, 0.2) is 28.9 Å². The molecule has 0 N–H and O–H groups in total. The van der Waals surface area contributed by atoms with Gasteiger partial charge in [0.25, 0.3) is 0 Å². The first-order valence-electron chi connectivity index (χ1n) is 6.70. The number of furan rings is 1. The molecule has 112 valence electrons. The molecule has 21 heavy (non-hydrogen) atoms. The van der Waals surface area contributed by atoms with Gasteiger partial charge in [0.1, 0.15) is 11.9 Å². The SMILES string of the molecule is CC(=O)O[C@@H]1C=C(c2ccco2)C(=O)[C@H]2OC(C)(C)O[C@H]21. The fourth-order valence-corrected chi connectivity index (χ4v) is 2.65. The van der Waals surface area contributed by atoms with Gasteiger partial charge in [-0.2, -0.15) is 0 Å². The summed E-state index contributed by atoms with van der Waals surface area (Å²) in [6.07, 6.45) is 0.900. The number of carbonyl (C=O) groups is 2. The van der Waals surface area contributed by atoms with E-state index < -0.39 is 30.1 Å². The van der Waals surface area contributed by atoms with Gasteiger partial charge in [-0.15, -0.1) is 0 Å². The van der Waals surface area contributed by atoms with Crippen molar-refractivity contribution in [3.63, 3.8) is 0 Å². The van der Waals surface area contributed by atoms with Crippen LogP contribution < -0.4 is 0 Å². The minimum Gasteiger partial charge on any atom is -0.464 e. The van der Waals surface area contributed by atoms with Gasteiger partial charge < -0.3 is 18.6 Å². The molecule has 1 saturated heterocycles. The average molecular weight is 292 g/mol. The molecule has 0 saturated carbocycles. The molecule has 0 radical (unpaired) electrons. The number of hydrogen-bond donors (Lipinski definition) is 0. The highest BCUT2D eigenvalue weighted by Gasteiger charge is 2.53. The van der Waals surface area contributed by atoms with E-state index in [0.717, 1.165) is 0 Å². The highest BCUT2D eigenvalue weighted by atomic mass is 16.8. The third kappa shape index (κ3) is 2.52. The molecule has 1 fully saturated rings. The molecule has 1 aliphatic heterocycles. The van der Waals surface area contributed by atoms with Gasteiger partial charge in [-0.3, -0.25) is 9.59 Å². The fraction of sp³-hybridized carbons (Fsp3) is 0.467. The van der Waals surface area contributed by atoms with Crippen LogP contribution in [0.2, 0.25) is 0 Å². The summed E-state index contributed by atoms with van der Waals surface area (Å²) in [6.45, 7) is 4.75. The second-order valence-corrected chi connectivity index (χ2v) is 5.52. The number of esters is 1.